The van der Waals surface area contributed by atoms with Crippen LogP contribution in [0.5, 0.6) is 0 Å². The van der Waals surface area contributed by atoms with Gasteiger partial charge in [-0.2, -0.15) is 0 Å². The fraction of sp³-hybridized carbons (Fsp3) is 0. The second kappa shape index (κ2) is 12.2. The predicted molar refractivity (Wildman–Crippen MR) is 80.1 cm³/mol. The van der Waals surface area contributed by atoms with Crippen molar-refractivity contribution in [1.82, 2.24) is 0 Å². The second-order valence-corrected chi connectivity index (χ2v) is 10.5. The smallest absolute Gasteiger partial charge is 0.0731 e. The molecule has 2 rings (SSSR count). The van der Waals surface area contributed by atoms with Crippen LogP contribution in [0.1, 0.15) is 0 Å². The zero-order chi connectivity index (χ0) is 11.5. The topological polar surface area (TPSA) is 0 Å². The SMILES string of the molecule is [Cl][Ru][Cl].[SH+]=c1sccs1.[SH+]=c1sccs1. The van der Waals surface area contributed by atoms with E-state index in [9.17, 15) is 0 Å². The molecule has 0 saturated heterocycles. The van der Waals surface area contributed by atoms with E-state index in [-0.39, 0.29) is 15.1 Å². The molecule has 0 amide bonds. The third kappa shape index (κ3) is 12.0. The molecule has 0 fully saturated rings. The van der Waals surface area contributed by atoms with Gasteiger partial charge in [-0.1, -0.05) is 45.3 Å². The van der Waals surface area contributed by atoms with E-state index in [1.807, 2.05) is 21.5 Å². The van der Waals surface area contributed by atoms with Gasteiger partial charge in [-0.3, -0.25) is 0 Å². The van der Waals surface area contributed by atoms with Crippen molar-refractivity contribution < 1.29 is 15.1 Å². The molecule has 0 atom stereocenters. The second-order valence-electron chi connectivity index (χ2n) is 1.60. The number of hydrogen-bond acceptors (Lipinski definition) is 4. The Morgan fingerprint density at radius 3 is 1.07 bits per heavy atom. The molecule has 9 heteroatoms. The predicted octanol–water partition coefficient (Wildman–Crippen LogP) is 4.62. The van der Waals surface area contributed by atoms with Crippen molar-refractivity contribution in [2.45, 2.75) is 0 Å². The van der Waals surface area contributed by atoms with Crippen molar-refractivity contribution in [2.75, 3.05) is 0 Å². The van der Waals surface area contributed by atoms with Gasteiger partial charge in [-0.25, -0.2) is 0 Å². The van der Waals surface area contributed by atoms with E-state index in [4.69, 9.17) is 19.4 Å². The monoisotopic (exact) mass is 442 g/mol. The van der Waals surface area contributed by atoms with Crippen LogP contribution < -0.4 is 0 Å². The maximum absolute atomic E-state index is 4.85. The molecule has 2 heterocycles. The van der Waals surface area contributed by atoms with Crippen LogP contribution in [0.3, 0.4) is 0 Å². The molecule has 0 aliphatic rings. The van der Waals surface area contributed by atoms with Crippen LogP contribution in [0.4, 0.5) is 0 Å². The van der Waals surface area contributed by atoms with Crippen molar-refractivity contribution >= 4 is 89.2 Å². The van der Waals surface area contributed by atoms with Gasteiger partial charge in [0.05, 0.1) is 0 Å². The summed E-state index contributed by atoms with van der Waals surface area (Å²) in [6.07, 6.45) is 0. The molecule has 0 radical (unpaired) electrons. The summed E-state index contributed by atoms with van der Waals surface area (Å²) in [5.74, 6) is 0. The molecule has 0 aliphatic heterocycles. The molecule has 86 valence electrons. The van der Waals surface area contributed by atoms with Crippen LogP contribution >= 0.6 is 64.7 Å². The molecule has 0 N–H and O–H groups in total. The summed E-state index contributed by atoms with van der Waals surface area (Å²) in [5, 5.41) is 8.08. The van der Waals surface area contributed by atoms with Crippen LogP contribution in [-0.4, -0.2) is 0 Å². The number of hydrogen-bond donors (Lipinski definition) is 0. The van der Waals surface area contributed by atoms with E-state index in [1.165, 1.54) is 0 Å². The molecule has 0 unspecified atom stereocenters. The first kappa shape index (κ1) is 16.7. The Morgan fingerprint density at radius 2 is 1.00 bits per heavy atom. The summed E-state index contributed by atoms with van der Waals surface area (Å²) in [4.78, 5) is 0. The van der Waals surface area contributed by atoms with Crippen molar-refractivity contribution in [3.63, 3.8) is 0 Å². The van der Waals surface area contributed by atoms with Crippen LogP contribution in [0.2, 0.25) is 0 Å². The number of thiol groups is 2. The average molecular weight is 442 g/mol. The molecule has 0 aromatic carbocycles. The molecule has 0 saturated carbocycles. The Balaban J connectivity index is 0.000000210. The van der Waals surface area contributed by atoms with Gasteiger partial charge in [0.1, 0.15) is 0 Å². The molecule has 15 heavy (non-hydrogen) atoms. The van der Waals surface area contributed by atoms with Gasteiger partial charge < -0.3 is 0 Å². The van der Waals surface area contributed by atoms with Gasteiger partial charge in [0, 0.05) is 21.5 Å². The summed E-state index contributed by atoms with van der Waals surface area (Å²) in [5.41, 5.74) is 0. The molecule has 0 aliphatic carbocycles. The molecule has 0 nitrogen and oxygen atoms in total. The van der Waals surface area contributed by atoms with Crippen LogP contribution in [-0.2, 0) is 39.6 Å². The molecule has 2 aromatic rings. The standard InChI is InChI=1S/2C3H2S3.2ClH.Ru/c2*4-3-5-1-2-6-3;;;/h2*1-2H;2*1H;/q;;;;+2. The summed E-state index contributed by atoms with van der Waals surface area (Å²) in [7, 11) is 9.71. The van der Waals surface area contributed by atoms with E-state index in [0.717, 1.165) is 6.28 Å². The fourth-order valence-electron chi connectivity index (χ4n) is 0.399. The van der Waals surface area contributed by atoms with E-state index in [1.54, 1.807) is 45.3 Å². The molecular formula is C6H6Cl2RuS6+2. The summed E-state index contributed by atoms with van der Waals surface area (Å²) < 4.78 is 2.24. The van der Waals surface area contributed by atoms with E-state index in [2.05, 4.69) is 24.4 Å². The quantitative estimate of drug-likeness (QED) is 0.242. The van der Waals surface area contributed by atoms with Gasteiger partial charge >= 0.3 is 40.8 Å². The number of halogens is 2. The zero-order valence-corrected chi connectivity index (χ0v) is 15.3. The van der Waals surface area contributed by atoms with Gasteiger partial charge in [-0.05, 0) is 0 Å². The van der Waals surface area contributed by atoms with Crippen molar-refractivity contribution in [3.8, 4) is 0 Å². The summed E-state index contributed by atoms with van der Waals surface area (Å²) in [6, 6.07) is 0. The Kier molecular flexibility index (Phi) is 13.6. The molecular weight excluding hydrogens is 436 g/mol. The van der Waals surface area contributed by atoms with E-state index >= 15 is 0 Å². The molecule has 2 aromatic heterocycles. The van der Waals surface area contributed by atoms with Crippen molar-refractivity contribution in [3.05, 3.63) is 27.8 Å². The summed E-state index contributed by atoms with van der Waals surface area (Å²) >= 11 is 14.4. The third-order valence-corrected chi connectivity index (χ3v) is 5.45. The zero-order valence-electron chi connectivity index (χ0n) is 6.95. The van der Waals surface area contributed by atoms with E-state index < -0.39 is 0 Å². The maximum atomic E-state index is 4.85. The minimum atomic E-state index is -0.346. The first-order valence-corrected chi connectivity index (χ1v) is 12.0. The van der Waals surface area contributed by atoms with Gasteiger partial charge in [0.25, 0.3) is 0 Å². The molecule has 0 bridgehead atoms. The van der Waals surface area contributed by atoms with Gasteiger partial charge in [-0.15, -0.1) is 0 Å². The van der Waals surface area contributed by atoms with E-state index in [0.29, 0.717) is 0 Å². The van der Waals surface area contributed by atoms with Crippen molar-refractivity contribution in [2.24, 2.45) is 0 Å². The largest absolute Gasteiger partial charge is 0.331 e. The summed E-state index contributed by atoms with van der Waals surface area (Å²) in [6.45, 7) is 0. The Bertz CT molecular complexity index is 355. The van der Waals surface area contributed by atoms with Crippen LogP contribution in [0.25, 0.3) is 0 Å². The minimum Gasteiger partial charge on any atom is -0.0731 e. The fourth-order valence-corrected chi connectivity index (χ4v) is 3.60. The Labute approximate surface area is 130 Å². The Hall–Kier alpha value is 1.74. The third-order valence-electron chi connectivity index (χ3n) is 0.787. The minimum absolute atomic E-state index is 0.346. The maximum Gasteiger partial charge on any atom is 0.331 e. The first-order valence-electron chi connectivity index (χ1n) is 3.14. The van der Waals surface area contributed by atoms with Crippen LogP contribution in [0.15, 0.2) is 21.5 Å². The number of rotatable bonds is 0. The average Bonchev–Trinajstić information content (AvgIpc) is 2.81. The molecule has 0 spiro atoms. The van der Waals surface area contributed by atoms with Crippen LogP contribution in [0, 0.1) is 6.28 Å². The normalized spacial score (nSPS) is 8.40. The van der Waals surface area contributed by atoms with Gasteiger partial charge in [0.2, 0.25) is 0 Å². The van der Waals surface area contributed by atoms with Crippen molar-refractivity contribution in [1.29, 1.82) is 0 Å². The first-order chi connectivity index (χ1) is 7.20. The Morgan fingerprint density at radius 1 is 0.800 bits per heavy atom. The van der Waals surface area contributed by atoms with Gasteiger partial charge in [0.15, 0.2) is 24.4 Å².